The molecule has 0 spiro atoms. The summed E-state index contributed by atoms with van der Waals surface area (Å²) in [5.74, 6) is 0.705. The standard InChI is InChI=1S/C27H18N2O/c1-17-28-26(25-23-9-5-6-10-24(23)30-27(25)29-17)22-14-13-20-15-19(11-12-21(20)16-22)18-7-3-2-4-8-18/h2-16H,1H3. The smallest absolute Gasteiger partial charge is 0.231 e. The topological polar surface area (TPSA) is 38.9 Å². The Morgan fingerprint density at radius 1 is 0.633 bits per heavy atom. The van der Waals surface area contributed by atoms with Crippen molar-refractivity contribution in [2.75, 3.05) is 0 Å². The van der Waals surface area contributed by atoms with Gasteiger partial charge in [-0.25, -0.2) is 4.98 Å². The SMILES string of the molecule is Cc1nc(-c2ccc3cc(-c4ccccc4)ccc3c2)c2c(n1)oc1ccccc12. The molecule has 3 heteroatoms. The first-order valence-corrected chi connectivity index (χ1v) is 10.0. The second-order valence-electron chi connectivity index (χ2n) is 7.54. The molecule has 0 aliphatic rings. The molecule has 0 aliphatic carbocycles. The van der Waals surface area contributed by atoms with Gasteiger partial charge in [-0.15, -0.1) is 0 Å². The average molecular weight is 386 g/mol. The van der Waals surface area contributed by atoms with Crippen molar-refractivity contribution in [2.45, 2.75) is 6.92 Å². The zero-order valence-electron chi connectivity index (χ0n) is 16.5. The van der Waals surface area contributed by atoms with Crippen LogP contribution >= 0.6 is 0 Å². The molecule has 0 saturated heterocycles. The molecule has 30 heavy (non-hydrogen) atoms. The summed E-state index contributed by atoms with van der Waals surface area (Å²) in [6.07, 6.45) is 0. The Kier molecular flexibility index (Phi) is 3.68. The molecular weight excluding hydrogens is 368 g/mol. The molecular formula is C27H18N2O. The number of benzene rings is 4. The molecule has 6 aromatic rings. The Hall–Kier alpha value is -3.98. The Balaban J connectivity index is 1.55. The quantitative estimate of drug-likeness (QED) is 0.317. The molecule has 0 bridgehead atoms. The van der Waals surface area contributed by atoms with Crippen LogP contribution in [0.5, 0.6) is 0 Å². The molecule has 0 N–H and O–H groups in total. The lowest BCUT2D eigenvalue weighted by atomic mass is 9.98. The molecule has 0 amide bonds. The number of aryl methyl sites for hydroxylation is 1. The fourth-order valence-electron chi connectivity index (χ4n) is 4.14. The van der Waals surface area contributed by atoms with Gasteiger partial charge in [0.1, 0.15) is 11.4 Å². The molecule has 2 heterocycles. The third-order valence-electron chi connectivity index (χ3n) is 5.57. The van der Waals surface area contributed by atoms with Crippen LogP contribution in [0.4, 0.5) is 0 Å². The van der Waals surface area contributed by atoms with E-state index in [1.807, 2.05) is 31.2 Å². The van der Waals surface area contributed by atoms with Crippen LogP contribution in [0, 0.1) is 6.92 Å². The zero-order chi connectivity index (χ0) is 20.1. The van der Waals surface area contributed by atoms with Crippen molar-refractivity contribution in [3.8, 4) is 22.4 Å². The highest BCUT2D eigenvalue weighted by Gasteiger charge is 2.16. The molecule has 0 unspecified atom stereocenters. The first-order valence-electron chi connectivity index (χ1n) is 10.0. The molecule has 2 aromatic heterocycles. The second-order valence-corrected chi connectivity index (χ2v) is 7.54. The maximum Gasteiger partial charge on any atom is 0.231 e. The summed E-state index contributed by atoms with van der Waals surface area (Å²) < 4.78 is 6.00. The number of para-hydroxylation sites is 1. The van der Waals surface area contributed by atoms with Crippen LogP contribution in [-0.2, 0) is 0 Å². The number of aromatic nitrogens is 2. The van der Waals surface area contributed by atoms with Crippen molar-refractivity contribution < 1.29 is 4.42 Å². The van der Waals surface area contributed by atoms with Gasteiger partial charge in [-0.3, -0.25) is 0 Å². The van der Waals surface area contributed by atoms with E-state index >= 15 is 0 Å². The average Bonchev–Trinajstić information content (AvgIpc) is 3.16. The first kappa shape index (κ1) is 16.9. The van der Waals surface area contributed by atoms with Gasteiger partial charge in [-0.1, -0.05) is 72.8 Å². The summed E-state index contributed by atoms with van der Waals surface area (Å²) in [6, 6.07) is 31.6. The molecule has 0 saturated carbocycles. The summed E-state index contributed by atoms with van der Waals surface area (Å²) in [4.78, 5) is 9.32. The molecule has 142 valence electrons. The van der Waals surface area contributed by atoms with Crippen molar-refractivity contribution in [2.24, 2.45) is 0 Å². The fourth-order valence-corrected chi connectivity index (χ4v) is 4.14. The molecule has 0 fully saturated rings. The third-order valence-corrected chi connectivity index (χ3v) is 5.57. The Morgan fingerprint density at radius 3 is 2.17 bits per heavy atom. The van der Waals surface area contributed by atoms with E-state index in [2.05, 4.69) is 71.7 Å². The number of furan rings is 1. The van der Waals surface area contributed by atoms with E-state index in [4.69, 9.17) is 9.40 Å². The summed E-state index contributed by atoms with van der Waals surface area (Å²) >= 11 is 0. The van der Waals surface area contributed by atoms with Gasteiger partial charge in [-0.05, 0) is 47.0 Å². The monoisotopic (exact) mass is 386 g/mol. The van der Waals surface area contributed by atoms with Gasteiger partial charge >= 0.3 is 0 Å². The lowest BCUT2D eigenvalue weighted by Crippen LogP contribution is -1.92. The second kappa shape index (κ2) is 6.53. The summed E-state index contributed by atoms with van der Waals surface area (Å²) in [5.41, 5.74) is 5.90. The van der Waals surface area contributed by atoms with Crippen LogP contribution in [-0.4, -0.2) is 9.97 Å². The van der Waals surface area contributed by atoms with Gasteiger partial charge in [0, 0.05) is 10.9 Å². The summed E-state index contributed by atoms with van der Waals surface area (Å²) in [5, 5.41) is 4.40. The van der Waals surface area contributed by atoms with Crippen LogP contribution in [0.2, 0.25) is 0 Å². The van der Waals surface area contributed by atoms with Crippen molar-refractivity contribution >= 4 is 32.8 Å². The molecule has 0 atom stereocenters. The largest absolute Gasteiger partial charge is 0.438 e. The normalized spacial score (nSPS) is 11.5. The van der Waals surface area contributed by atoms with Gasteiger partial charge in [0.15, 0.2) is 0 Å². The maximum atomic E-state index is 6.00. The van der Waals surface area contributed by atoms with E-state index in [0.717, 1.165) is 27.6 Å². The highest BCUT2D eigenvalue weighted by Crippen LogP contribution is 2.36. The van der Waals surface area contributed by atoms with Gasteiger partial charge in [0.25, 0.3) is 0 Å². The molecule has 0 aliphatic heterocycles. The number of hydrogen-bond donors (Lipinski definition) is 0. The van der Waals surface area contributed by atoms with E-state index in [0.29, 0.717) is 11.5 Å². The van der Waals surface area contributed by atoms with Gasteiger partial charge in [-0.2, -0.15) is 4.98 Å². The number of rotatable bonds is 2. The van der Waals surface area contributed by atoms with E-state index in [-0.39, 0.29) is 0 Å². The lowest BCUT2D eigenvalue weighted by molar-refractivity contribution is 0.651. The van der Waals surface area contributed by atoms with E-state index in [9.17, 15) is 0 Å². The predicted molar refractivity (Wildman–Crippen MR) is 122 cm³/mol. The number of nitrogens with zero attached hydrogens (tertiary/aromatic N) is 2. The van der Waals surface area contributed by atoms with E-state index in [1.54, 1.807) is 0 Å². The van der Waals surface area contributed by atoms with Crippen molar-refractivity contribution in [3.63, 3.8) is 0 Å². The Bertz CT molecular complexity index is 1550. The summed E-state index contributed by atoms with van der Waals surface area (Å²) in [7, 11) is 0. The Morgan fingerprint density at radius 2 is 1.33 bits per heavy atom. The minimum absolute atomic E-state index is 0.637. The van der Waals surface area contributed by atoms with Crippen LogP contribution in [0.3, 0.4) is 0 Å². The first-order chi connectivity index (χ1) is 14.8. The van der Waals surface area contributed by atoms with Crippen LogP contribution in [0.15, 0.2) is 95.4 Å². The Labute approximate surface area is 173 Å². The van der Waals surface area contributed by atoms with Gasteiger partial charge < -0.3 is 4.42 Å². The zero-order valence-corrected chi connectivity index (χ0v) is 16.5. The lowest BCUT2D eigenvalue weighted by Gasteiger charge is -2.08. The van der Waals surface area contributed by atoms with Gasteiger partial charge in [0.05, 0.1) is 11.1 Å². The van der Waals surface area contributed by atoms with Crippen LogP contribution in [0.1, 0.15) is 5.82 Å². The predicted octanol–water partition coefficient (Wildman–Crippen LogP) is 7.17. The number of hydrogen-bond acceptors (Lipinski definition) is 3. The number of fused-ring (bicyclic) bond motifs is 4. The highest BCUT2D eigenvalue weighted by molar-refractivity contribution is 6.10. The van der Waals surface area contributed by atoms with E-state index in [1.165, 1.54) is 21.9 Å². The highest BCUT2D eigenvalue weighted by atomic mass is 16.3. The molecule has 6 rings (SSSR count). The van der Waals surface area contributed by atoms with Crippen LogP contribution in [0.25, 0.3) is 55.2 Å². The molecule has 4 aromatic carbocycles. The summed E-state index contributed by atoms with van der Waals surface area (Å²) in [6.45, 7) is 1.91. The van der Waals surface area contributed by atoms with Crippen LogP contribution < -0.4 is 0 Å². The molecule has 0 radical (unpaired) electrons. The fraction of sp³-hybridized carbons (Fsp3) is 0.0370. The minimum atomic E-state index is 0.637. The third kappa shape index (κ3) is 2.67. The van der Waals surface area contributed by atoms with Crippen molar-refractivity contribution in [1.29, 1.82) is 0 Å². The van der Waals surface area contributed by atoms with Gasteiger partial charge in [0.2, 0.25) is 5.71 Å². The minimum Gasteiger partial charge on any atom is -0.438 e. The van der Waals surface area contributed by atoms with Crippen molar-refractivity contribution in [3.05, 3.63) is 96.8 Å². The van der Waals surface area contributed by atoms with E-state index < -0.39 is 0 Å². The van der Waals surface area contributed by atoms with Crippen molar-refractivity contribution in [1.82, 2.24) is 9.97 Å². The maximum absolute atomic E-state index is 6.00. The molecule has 3 nitrogen and oxygen atoms in total.